The molecular formula is C9H16N4O3. The minimum absolute atomic E-state index is 0.139. The Morgan fingerprint density at radius 1 is 1.06 bits per heavy atom. The minimum atomic E-state index is -0.394. The predicted octanol–water partition coefficient (Wildman–Crippen LogP) is -0.657. The zero-order chi connectivity index (χ0) is 12.0. The number of carbonyl (C=O) groups is 2. The molecule has 16 heavy (non-hydrogen) atoms. The Labute approximate surface area is 93.8 Å². The van der Waals surface area contributed by atoms with E-state index in [0.717, 1.165) is 0 Å². The largest absolute Gasteiger partial charge is 0.376 e. The number of hydrogen-bond donors (Lipinski definition) is 1. The summed E-state index contributed by atoms with van der Waals surface area (Å²) < 4.78 is 0. The molecule has 7 heteroatoms. The highest BCUT2D eigenvalue weighted by Gasteiger charge is 2.56. The second-order valence-electron chi connectivity index (χ2n) is 4.01. The average molecular weight is 228 g/mol. The molecule has 2 atom stereocenters. The first kappa shape index (κ1) is 11.0. The normalized spacial score (nSPS) is 29.5. The molecule has 0 spiro atoms. The maximum atomic E-state index is 11.9. The van der Waals surface area contributed by atoms with Crippen LogP contribution < -0.4 is 0 Å². The summed E-state index contributed by atoms with van der Waals surface area (Å²) in [6, 6.07) is -0.370. The first-order chi connectivity index (χ1) is 7.54. The second kappa shape index (κ2) is 3.51. The van der Waals surface area contributed by atoms with Crippen molar-refractivity contribution in [3.05, 3.63) is 0 Å². The molecule has 2 saturated heterocycles. The smallest absolute Gasteiger partial charge is 0.325 e. The summed E-state index contributed by atoms with van der Waals surface area (Å²) in [7, 11) is 3.30. The highest BCUT2D eigenvalue weighted by atomic mass is 16.3. The lowest BCUT2D eigenvalue weighted by Gasteiger charge is -2.25. The Kier molecular flexibility index (Phi) is 2.42. The molecule has 4 amide bonds. The van der Waals surface area contributed by atoms with Crippen LogP contribution in [0.5, 0.6) is 0 Å². The molecule has 0 radical (unpaired) electrons. The van der Waals surface area contributed by atoms with Crippen molar-refractivity contribution >= 4 is 12.1 Å². The fraction of sp³-hybridized carbons (Fsp3) is 0.778. The van der Waals surface area contributed by atoms with Crippen LogP contribution in [0.25, 0.3) is 0 Å². The number of rotatable bonds is 2. The Hall–Kier alpha value is -1.50. The molecular weight excluding hydrogens is 212 g/mol. The number of amides is 4. The van der Waals surface area contributed by atoms with Gasteiger partial charge in [-0.2, -0.15) is 0 Å². The maximum Gasteiger partial charge on any atom is 0.325 e. The summed E-state index contributed by atoms with van der Waals surface area (Å²) in [4.78, 5) is 29.6. The Balaban J connectivity index is 2.38. The highest BCUT2D eigenvalue weighted by Crippen LogP contribution is 2.32. The summed E-state index contributed by atoms with van der Waals surface area (Å²) in [5.74, 6) is 0. The Bertz CT molecular complexity index is 307. The van der Waals surface area contributed by atoms with Crippen molar-refractivity contribution in [1.29, 1.82) is 0 Å². The maximum absolute atomic E-state index is 11.9. The molecule has 2 aliphatic rings. The van der Waals surface area contributed by atoms with Crippen molar-refractivity contribution in [1.82, 2.24) is 19.6 Å². The number of carbonyl (C=O) groups excluding carboxylic acids is 2. The third-order valence-corrected chi connectivity index (χ3v) is 3.29. The first-order valence-corrected chi connectivity index (χ1v) is 5.22. The molecule has 0 bridgehead atoms. The SMILES string of the molecule is CCN1C(=O)N(CO)[C@H]2[C@@H]1N(C)C(=O)N2C. The lowest BCUT2D eigenvalue weighted by molar-refractivity contribution is 0.0706. The van der Waals surface area contributed by atoms with Crippen LogP contribution in [0.15, 0.2) is 0 Å². The molecule has 0 aliphatic carbocycles. The van der Waals surface area contributed by atoms with Gasteiger partial charge in [0.05, 0.1) is 0 Å². The fourth-order valence-corrected chi connectivity index (χ4v) is 2.47. The van der Waals surface area contributed by atoms with E-state index in [1.54, 1.807) is 19.0 Å². The van der Waals surface area contributed by atoms with Gasteiger partial charge in [0.25, 0.3) is 0 Å². The summed E-state index contributed by atoms with van der Waals surface area (Å²) in [5.41, 5.74) is 0. The number of aliphatic hydroxyl groups excluding tert-OH is 1. The lowest BCUT2D eigenvalue weighted by atomic mass is 10.3. The molecule has 2 aliphatic heterocycles. The van der Waals surface area contributed by atoms with Crippen LogP contribution in [0.3, 0.4) is 0 Å². The van der Waals surface area contributed by atoms with Crippen molar-refractivity contribution in [2.45, 2.75) is 19.3 Å². The Morgan fingerprint density at radius 3 is 2.00 bits per heavy atom. The van der Waals surface area contributed by atoms with Gasteiger partial charge in [-0.3, -0.25) is 4.90 Å². The number of urea groups is 2. The van der Waals surface area contributed by atoms with E-state index in [1.165, 1.54) is 14.7 Å². The predicted molar refractivity (Wildman–Crippen MR) is 55.2 cm³/mol. The molecule has 2 rings (SSSR count). The van der Waals surface area contributed by atoms with Crippen molar-refractivity contribution in [2.75, 3.05) is 27.4 Å². The molecule has 2 fully saturated rings. The fourth-order valence-electron chi connectivity index (χ4n) is 2.47. The van der Waals surface area contributed by atoms with Gasteiger partial charge >= 0.3 is 12.1 Å². The van der Waals surface area contributed by atoms with Gasteiger partial charge in [0.2, 0.25) is 0 Å². The van der Waals surface area contributed by atoms with E-state index < -0.39 is 6.17 Å². The van der Waals surface area contributed by atoms with Crippen LogP contribution in [0.2, 0.25) is 0 Å². The van der Waals surface area contributed by atoms with Crippen molar-refractivity contribution < 1.29 is 14.7 Å². The monoisotopic (exact) mass is 228 g/mol. The highest BCUT2D eigenvalue weighted by molar-refractivity contribution is 5.84. The molecule has 0 saturated carbocycles. The molecule has 1 N–H and O–H groups in total. The van der Waals surface area contributed by atoms with E-state index in [-0.39, 0.29) is 25.0 Å². The zero-order valence-corrected chi connectivity index (χ0v) is 9.62. The average Bonchev–Trinajstić information content (AvgIpc) is 2.67. The van der Waals surface area contributed by atoms with Gasteiger partial charge in [0.15, 0.2) is 6.17 Å². The van der Waals surface area contributed by atoms with E-state index in [2.05, 4.69) is 0 Å². The van der Waals surface area contributed by atoms with Gasteiger partial charge in [-0.15, -0.1) is 0 Å². The van der Waals surface area contributed by atoms with Crippen LogP contribution in [0, 0.1) is 0 Å². The molecule has 2 heterocycles. The number of fused-ring (bicyclic) bond motifs is 1. The van der Waals surface area contributed by atoms with Crippen molar-refractivity contribution in [2.24, 2.45) is 0 Å². The molecule has 0 unspecified atom stereocenters. The van der Waals surface area contributed by atoms with E-state index in [9.17, 15) is 14.7 Å². The van der Waals surface area contributed by atoms with Crippen LogP contribution in [0.1, 0.15) is 6.92 Å². The third-order valence-electron chi connectivity index (χ3n) is 3.29. The van der Waals surface area contributed by atoms with Crippen LogP contribution in [0.4, 0.5) is 9.59 Å². The topological polar surface area (TPSA) is 67.3 Å². The Morgan fingerprint density at radius 2 is 1.56 bits per heavy atom. The lowest BCUT2D eigenvalue weighted by Crippen LogP contribution is -2.44. The molecule has 0 aromatic heterocycles. The van der Waals surface area contributed by atoms with Crippen LogP contribution in [-0.4, -0.2) is 76.5 Å². The van der Waals surface area contributed by atoms with Gasteiger partial charge in [-0.25, -0.2) is 9.59 Å². The summed E-state index contributed by atoms with van der Waals surface area (Å²) in [5, 5.41) is 9.21. The zero-order valence-electron chi connectivity index (χ0n) is 9.62. The quantitative estimate of drug-likeness (QED) is 0.682. The van der Waals surface area contributed by atoms with Crippen molar-refractivity contribution in [3.63, 3.8) is 0 Å². The minimum Gasteiger partial charge on any atom is -0.376 e. The molecule has 0 aromatic carbocycles. The van der Waals surface area contributed by atoms with Crippen molar-refractivity contribution in [3.8, 4) is 0 Å². The standard InChI is InChI=1S/C9H16N4O3/c1-4-12-6-7(13(5-14)9(12)16)11(3)8(15)10(6)2/h6-7,14H,4-5H2,1-3H3/t6-,7+/m1/s1. The van der Waals surface area contributed by atoms with E-state index in [0.29, 0.717) is 6.54 Å². The number of aliphatic hydroxyl groups is 1. The summed E-state index contributed by atoms with van der Waals surface area (Å²) in [6.45, 7) is 2.00. The van der Waals surface area contributed by atoms with Gasteiger partial charge in [-0.05, 0) is 6.92 Å². The van der Waals surface area contributed by atoms with Crippen LogP contribution >= 0.6 is 0 Å². The second-order valence-corrected chi connectivity index (χ2v) is 4.01. The van der Waals surface area contributed by atoms with E-state index in [4.69, 9.17) is 0 Å². The van der Waals surface area contributed by atoms with Gasteiger partial charge in [0.1, 0.15) is 12.9 Å². The third kappa shape index (κ3) is 1.12. The van der Waals surface area contributed by atoms with Gasteiger partial charge < -0.3 is 19.8 Å². The molecule has 7 nitrogen and oxygen atoms in total. The first-order valence-electron chi connectivity index (χ1n) is 5.22. The summed E-state index contributed by atoms with van der Waals surface area (Å²) >= 11 is 0. The molecule has 90 valence electrons. The van der Waals surface area contributed by atoms with Crippen LogP contribution in [-0.2, 0) is 0 Å². The number of likely N-dealkylation sites (N-methyl/N-ethyl adjacent to an activating group) is 3. The van der Waals surface area contributed by atoms with Gasteiger partial charge in [0, 0.05) is 20.6 Å². The van der Waals surface area contributed by atoms with E-state index >= 15 is 0 Å². The summed E-state index contributed by atoms with van der Waals surface area (Å²) in [6.07, 6.45) is -0.697. The number of hydrogen-bond acceptors (Lipinski definition) is 3. The molecule has 0 aromatic rings. The van der Waals surface area contributed by atoms with Gasteiger partial charge in [-0.1, -0.05) is 0 Å². The van der Waals surface area contributed by atoms with E-state index in [1.807, 2.05) is 6.92 Å². The number of nitrogens with zero attached hydrogens (tertiary/aromatic N) is 4.